The van der Waals surface area contributed by atoms with Crippen LogP contribution in [0.15, 0.2) is 36.4 Å². The fraction of sp³-hybridized carbons (Fsp3) is 0.316. The van der Waals surface area contributed by atoms with Gasteiger partial charge in [0.05, 0.1) is 11.9 Å². The lowest BCUT2D eigenvalue weighted by Gasteiger charge is -2.22. The molecule has 2 aliphatic rings. The van der Waals surface area contributed by atoms with Crippen molar-refractivity contribution in [3.05, 3.63) is 47.5 Å². The summed E-state index contributed by atoms with van der Waals surface area (Å²) in [5.41, 5.74) is 2.57. The standard InChI is InChI=1S/C19H20N2O5S/c1-12-9-14-10-13(3-5-16(14)21(12)27(2,23)24)19(22)20-15-4-6-17-18(11-15)26-8-7-25-17/h3-6,10-12H,7-9H2,1-2H3,(H,20,22). The molecule has 0 spiro atoms. The van der Waals surface area contributed by atoms with E-state index in [0.29, 0.717) is 48.1 Å². The molecule has 2 aromatic carbocycles. The van der Waals surface area contributed by atoms with E-state index >= 15 is 0 Å². The van der Waals surface area contributed by atoms with Crippen LogP contribution >= 0.6 is 0 Å². The summed E-state index contributed by atoms with van der Waals surface area (Å²) >= 11 is 0. The Morgan fingerprint density at radius 1 is 1.11 bits per heavy atom. The number of nitrogens with zero attached hydrogens (tertiary/aromatic N) is 1. The topological polar surface area (TPSA) is 84.9 Å². The van der Waals surface area contributed by atoms with Gasteiger partial charge in [0.15, 0.2) is 11.5 Å². The minimum Gasteiger partial charge on any atom is -0.486 e. The summed E-state index contributed by atoms with van der Waals surface area (Å²) in [7, 11) is -3.35. The van der Waals surface area contributed by atoms with E-state index in [0.717, 1.165) is 5.56 Å². The lowest BCUT2D eigenvalue weighted by Crippen LogP contribution is -2.34. The number of rotatable bonds is 3. The first kappa shape index (κ1) is 17.7. The normalized spacial score (nSPS) is 18.1. The van der Waals surface area contributed by atoms with Gasteiger partial charge in [0.25, 0.3) is 5.91 Å². The van der Waals surface area contributed by atoms with E-state index in [-0.39, 0.29) is 11.9 Å². The molecule has 0 aliphatic carbocycles. The Hall–Kier alpha value is -2.74. The summed E-state index contributed by atoms with van der Waals surface area (Å²) in [5.74, 6) is 0.997. The fourth-order valence-corrected chi connectivity index (χ4v) is 4.84. The van der Waals surface area contributed by atoms with Crippen LogP contribution in [0.5, 0.6) is 11.5 Å². The SMILES string of the molecule is CC1Cc2cc(C(=O)Nc3ccc4c(c3)OCCO4)ccc2N1S(C)(=O)=O. The summed E-state index contributed by atoms with van der Waals surface area (Å²) in [6.07, 6.45) is 1.77. The molecular weight excluding hydrogens is 368 g/mol. The molecule has 1 N–H and O–H groups in total. The summed E-state index contributed by atoms with van der Waals surface area (Å²) in [6.45, 7) is 2.84. The summed E-state index contributed by atoms with van der Waals surface area (Å²) < 4.78 is 36.4. The van der Waals surface area contributed by atoms with Crippen LogP contribution in [0.4, 0.5) is 11.4 Å². The first-order valence-electron chi connectivity index (χ1n) is 8.66. The van der Waals surface area contributed by atoms with Crippen LogP contribution in [0.2, 0.25) is 0 Å². The van der Waals surface area contributed by atoms with E-state index in [9.17, 15) is 13.2 Å². The van der Waals surface area contributed by atoms with E-state index < -0.39 is 10.0 Å². The minimum absolute atomic E-state index is 0.161. The molecular formula is C19H20N2O5S. The maximum Gasteiger partial charge on any atom is 0.255 e. The highest BCUT2D eigenvalue weighted by atomic mass is 32.2. The third-order valence-electron chi connectivity index (χ3n) is 4.65. The number of hydrogen-bond donors (Lipinski definition) is 1. The molecule has 27 heavy (non-hydrogen) atoms. The maximum absolute atomic E-state index is 12.6. The zero-order chi connectivity index (χ0) is 19.2. The van der Waals surface area contributed by atoms with Crippen molar-refractivity contribution in [3.63, 3.8) is 0 Å². The van der Waals surface area contributed by atoms with Crippen LogP contribution in [0.25, 0.3) is 0 Å². The van der Waals surface area contributed by atoms with Crippen molar-refractivity contribution < 1.29 is 22.7 Å². The molecule has 1 atom stereocenters. The summed E-state index contributed by atoms with van der Waals surface area (Å²) in [6, 6.07) is 10.2. The van der Waals surface area contributed by atoms with Crippen molar-refractivity contribution in [2.45, 2.75) is 19.4 Å². The van der Waals surface area contributed by atoms with Gasteiger partial charge < -0.3 is 14.8 Å². The highest BCUT2D eigenvalue weighted by Gasteiger charge is 2.32. The molecule has 0 saturated heterocycles. The van der Waals surface area contributed by atoms with Crippen LogP contribution in [0, 0.1) is 0 Å². The van der Waals surface area contributed by atoms with Crippen molar-refractivity contribution in [3.8, 4) is 11.5 Å². The third kappa shape index (κ3) is 3.32. The molecule has 0 bridgehead atoms. The van der Waals surface area contributed by atoms with Crippen LogP contribution in [-0.2, 0) is 16.4 Å². The minimum atomic E-state index is -3.35. The molecule has 2 aromatic rings. The summed E-state index contributed by atoms with van der Waals surface area (Å²) in [4.78, 5) is 12.6. The number of fused-ring (bicyclic) bond motifs is 2. The van der Waals surface area contributed by atoms with E-state index in [2.05, 4.69) is 5.32 Å². The molecule has 0 saturated carbocycles. The number of carbonyl (C=O) groups is 1. The quantitative estimate of drug-likeness (QED) is 0.873. The van der Waals surface area contributed by atoms with Crippen molar-refractivity contribution >= 4 is 27.3 Å². The van der Waals surface area contributed by atoms with E-state index in [1.807, 2.05) is 6.92 Å². The van der Waals surface area contributed by atoms with Crippen molar-refractivity contribution in [1.29, 1.82) is 0 Å². The number of nitrogens with one attached hydrogen (secondary N) is 1. The lowest BCUT2D eigenvalue weighted by atomic mass is 10.1. The molecule has 0 aromatic heterocycles. The fourth-order valence-electron chi connectivity index (χ4n) is 3.57. The van der Waals surface area contributed by atoms with Gasteiger partial charge in [0, 0.05) is 23.4 Å². The van der Waals surface area contributed by atoms with Crippen LogP contribution in [0.3, 0.4) is 0 Å². The smallest absolute Gasteiger partial charge is 0.255 e. The Kier molecular flexibility index (Phi) is 4.22. The lowest BCUT2D eigenvalue weighted by molar-refractivity contribution is 0.102. The van der Waals surface area contributed by atoms with Crippen LogP contribution in [0.1, 0.15) is 22.8 Å². The van der Waals surface area contributed by atoms with Crippen molar-refractivity contribution in [2.75, 3.05) is 29.1 Å². The Morgan fingerprint density at radius 2 is 1.85 bits per heavy atom. The van der Waals surface area contributed by atoms with Crippen molar-refractivity contribution in [1.82, 2.24) is 0 Å². The molecule has 142 valence electrons. The number of hydrogen-bond acceptors (Lipinski definition) is 5. The first-order chi connectivity index (χ1) is 12.8. The monoisotopic (exact) mass is 388 g/mol. The number of anilines is 2. The average Bonchev–Trinajstić information content (AvgIpc) is 2.96. The second kappa shape index (κ2) is 6.45. The zero-order valence-corrected chi connectivity index (χ0v) is 15.9. The van der Waals surface area contributed by atoms with Crippen LogP contribution < -0.4 is 19.1 Å². The predicted octanol–water partition coefficient (Wildman–Crippen LogP) is 2.42. The maximum atomic E-state index is 12.6. The van der Waals surface area contributed by atoms with E-state index in [1.54, 1.807) is 36.4 Å². The molecule has 2 heterocycles. The predicted molar refractivity (Wildman–Crippen MR) is 102 cm³/mol. The number of benzene rings is 2. The van der Waals surface area contributed by atoms with Gasteiger partial charge in [0.2, 0.25) is 10.0 Å². The van der Waals surface area contributed by atoms with Gasteiger partial charge in [-0.25, -0.2) is 8.42 Å². The highest BCUT2D eigenvalue weighted by Crippen LogP contribution is 2.35. The van der Waals surface area contributed by atoms with Crippen LogP contribution in [-0.4, -0.2) is 39.8 Å². The molecule has 1 unspecified atom stereocenters. The van der Waals surface area contributed by atoms with Gasteiger partial charge in [-0.2, -0.15) is 0 Å². The van der Waals surface area contributed by atoms with Gasteiger partial charge in [-0.3, -0.25) is 9.10 Å². The van der Waals surface area contributed by atoms with E-state index in [4.69, 9.17) is 9.47 Å². The summed E-state index contributed by atoms with van der Waals surface area (Å²) in [5, 5.41) is 2.85. The largest absolute Gasteiger partial charge is 0.486 e. The number of sulfonamides is 1. The van der Waals surface area contributed by atoms with Gasteiger partial charge >= 0.3 is 0 Å². The second-order valence-corrected chi connectivity index (χ2v) is 8.63. The third-order valence-corrected chi connectivity index (χ3v) is 5.92. The van der Waals surface area contributed by atoms with Gasteiger partial charge in [-0.05, 0) is 49.2 Å². The molecule has 2 aliphatic heterocycles. The molecule has 4 rings (SSSR count). The molecule has 7 nitrogen and oxygen atoms in total. The van der Waals surface area contributed by atoms with Gasteiger partial charge in [-0.1, -0.05) is 0 Å². The Labute approximate surface area is 157 Å². The second-order valence-electron chi connectivity index (χ2n) is 6.77. The zero-order valence-electron chi connectivity index (χ0n) is 15.1. The Morgan fingerprint density at radius 3 is 2.59 bits per heavy atom. The van der Waals surface area contributed by atoms with Gasteiger partial charge in [0.1, 0.15) is 13.2 Å². The number of carbonyl (C=O) groups excluding carboxylic acids is 1. The Balaban J connectivity index is 1.56. The van der Waals surface area contributed by atoms with Crippen molar-refractivity contribution in [2.24, 2.45) is 0 Å². The van der Waals surface area contributed by atoms with Gasteiger partial charge in [-0.15, -0.1) is 0 Å². The number of amides is 1. The highest BCUT2D eigenvalue weighted by molar-refractivity contribution is 7.92. The average molecular weight is 388 g/mol. The molecule has 1 amide bonds. The molecule has 8 heteroatoms. The first-order valence-corrected chi connectivity index (χ1v) is 10.5. The number of ether oxygens (including phenoxy) is 2. The molecule has 0 radical (unpaired) electrons. The van der Waals surface area contributed by atoms with E-state index in [1.165, 1.54) is 10.6 Å². The molecule has 0 fully saturated rings. The Bertz CT molecular complexity index is 1020.